The van der Waals surface area contributed by atoms with Gasteiger partial charge in [0.25, 0.3) is 0 Å². The van der Waals surface area contributed by atoms with Crippen LogP contribution in [-0.4, -0.2) is 34.7 Å². The van der Waals surface area contributed by atoms with Crippen molar-refractivity contribution in [3.05, 3.63) is 12.7 Å². The van der Waals surface area contributed by atoms with Crippen LogP contribution >= 0.6 is 0 Å². The number of fused-ring (bicyclic) bond motifs is 1. The maximum Gasteiger partial charge on any atom is 0.0880 e. The average molecular weight is 223 g/mol. The molecule has 0 radical (unpaired) electrons. The van der Waals surface area contributed by atoms with E-state index < -0.39 is 5.60 Å². The summed E-state index contributed by atoms with van der Waals surface area (Å²) in [6.45, 7) is 8.32. The lowest BCUT2D eigenvalue weighted by Crippen LogP contribution is -2.58. The van der Waals surface area contributed by atoms with E-state index in [-0.39, 0.29) is 0 Å². The van der Waals surface area contributed by atoms with Crippen molar-refractivity contribution >= 4 is 0 Å². The normalized spacial score (nSPS) is 40.4. The van der Waals surface area contributed by atoms with Crippen LogP contribution in [0.1, 0.15) is 45.4 Å². The van der Waals surface area contributed by atoms with Gasteiger partial charge in [-0.3, -0.25) is 4.90 Å². The molecule has 0 aromatic carbocycles. The Bertz CT molecular complexity index is 253. The summed E-state index contributed by atoms with van der Waals surface area (Å²) in [4.78, 5) is 2.60. The zero-order valence-electron chi connectivity index (χ0n) is 10.5. The second-order valence-corrected chi connectivity index (χ2v) is 5.44. The lowest BCUT2D eigenvalue weighted by Gasteiger charge is -2.51. The molecular formula is C14H25NO. The van der Waals surface area contributed by atoms with Gasteiger partial charge >= 0.3 is 0 Å². The molecule has 1 N–H and O–H groups in total. The van der Waals surface area contributed by atoms with Gasteiger partial charge in [0.2, 0.25) is 0 Å². The Labute approximate surface area is 99.3 Å². The van der Waals surface area contributed by atoms with Crippen molar-refractivity contribution in [3.8, 4) is 0 Å². The van der Waals surface area contributed by atoms with E-state index in [1.165, 1.54) is 38.6 Å². The van der Waals surface area contributed by atoms with E-state index >= 15 is 0 Å². The average Bonchev–Trinajstić information content (AvgIpc) is 2.34. The molecule has 2 aliphatic rings. The smallest absolute Gasteiger partial charge is 0.0880 e. The second kappa shape index (κ2) is 4.89. The van der Waals surface area contributed by atoms with Gasteiger partial charge in [-0.1, -0.05) is 25.8 Å². The molecule has 1 aliphatic carbocycles. The van der Waals surface area contributed by atoms with Crippen molar-refractivity contribution in [2.75, 3.05) is 13.1 Å². The molecule has 1 saturated carbocycles. The van der Waals surface area contributed by atoms with Gasteiger partial charge in [-0.15, -0.1) is 6.58 Å². The molecule has 2 rings (SSSR count). The van der Waals surface area contributed by atoms with Gasteiger partial charge in [-0.25, -0.2) is 0 Å². The Hall–Kier alpha value is -0.340. The highest BCUT2D eigenvalue weighted by atomic mass is 16.3. The SMILES string of the molecule is C=CC1(O)CCN(CCC)C2CCCCC21. The number of aliphatic hydroxyl groups is 1. The van der Waals surface area contributed by atoms with Crippen LogP contribution in [-0.2, 0) is 0 Å². The van der Waals surface area contributed by atoms with Crippen LogP contribution in [0, 0.1) is 5.92 Å². The molecule has 2 heteroatoms. The summed E-state index contributed by atoms with van der Waals surface area (Å²) in [5, 5.41) is 10.6. The summed E-state index contributed by atoms with van der Waals surface area (Å²) in [5.41, 5.74) is -0.588. The summed E-state index contributed by atoms with van der Waals surface area (Å²) in [6, 6.07) is 0.602. The lowest BCUT2D eigenvalue weighted by atomic mass is 9.69. The molecule has 16 heavy (non-hydrogen) atoms. The lowest BCUT2D eigenvalue weighted by molar-refractivity contribution is -0.0838. The third kappa shape index (κ3) is 2.05. The molecule has 1 aliphatic heterocycles. The predicted octanol–water partition coefficient (Wildman–Crippen LogP) is 2.58. The zero-order chi connectivity index (χ0) is 11.6. The molecule has 0 aromatic rings. The quantitative estimate of drug-likeness (QED) is 0.743. The van der Waals surface area contributed by atoms with Crippen molar-refractivity contribution in [1.82, 2.24) is 4.90 Å². The Kier molecular flexibility index (Phi) is 3.70. The number of hydrogen-bond acceptors (Lipinski definition) is 2. The molecule has 0 amide bonds. The van der Waals surface area contributed by atoms with Gasteiger partial charge in [0, 0.05) is 18.5 Å². The minimum absolute atomic E-state index is 0.430. The highest BCUT2D eigenvalue weighted by Crippen LogP contribution is 2.41. The molecule has 2 fully saturated rings. The largest absolute Gasteiger partial charge is 0.385 e. The first kappa shape index (κ1) is 12.1. The molecular weight excluding hydrogens is 198 g/mol. The van der Waals surface area contributed by atoms with Gasteiger partial charge < -0.3 is 5.11 Å². The van der Waals surface area contributed by atoms with Gasteiger partial charge in [0.05, 0.1) is 5.60 Å². The number of likely N-dealkylation sites (tertiary alicyclic amines) is 1. The van der Waals surface area contributed by atoms with E-state index in [1.807, 2.05) is 0 Å². The molecule has 92 valence electrons. The van der Waals surface area contributed by atoms with Crippen LogP contribution in [0.25, 0.3) is 0 Å². The van der Waals surface area contributed by atoms with Gasteiger partial charge in [0.1, 0.15) is 0 Å². The Morgan fingerprint density at radius 3 is 2.88 bits per heavy atom. The third-order valence-corrected chi connectivity index (χ3v) is 4.50. The zero-order valence-corrected chi connectivity index (χ0v) is 10.5. The molecule has 0 aromatic heterocycles. The van der Waals surface area contributed by atoms with Crippen LogP contribution in [0.4, 0.5) is 0 Å². The number of rotatable bonds is 3. The van der Waals surface area contributed by atoms with Crippen LogP contribution in [0.2, 0.25) is 0 Å². The minimum Gasteiger partial charge on any atom is -0.385 e. The van der Waals surface area contributed by atoms with Crippen molar-refractivity contribution < 1.29 is 5.11 Å². The Morgan fingerprint density at radius 2 is 2.19 bits per heavy atom. The first-order valence-electron chi connectivity index (χ1n) is 6.81. The van der Waals surface area contributed by atoms with E-state index in [9.17, 15) is 5.11 Å². The Balaban J connectivity index is 2.14. The first-order chi connectivity index (χ1) is 7.71. The first-order valence-corrected chi connectivity index (χ1v) is 6.81. The molecule has 3 unspecified atom stereocenters. The number of nitrogens with zero attached hydrogens (tertiary/aromatic N) is 1. The van der Waals surface area contributed by atoms with Crippen molar-refractivity contribution in [3.63, 3.8) is 0 Å². The minimum atomic E-state index is -0.588. The molecule has 2 nitrogen and oxygen atoms in total. The van der Waals surface area contributed by atoms with Gasteiger partial charge in [-0.2, -0.15) is 0 Å². The maximum absolute atomic E-state index is 10.6. The molecule has 3 atom stereocenters. The van der Waals surface area contributed by atoms with E-state index in [1.54, 1.807) is 6.08 Å². The molecule has 0 bridgehead atoms. The summed E-state index contributed by atoms with van der Waals surface area (Å²) in [5.74, 6) is 0.430. The topological polar surface area (TPSA) is 23.5 Å². The standard InChI is InChI=1S/C14H25NO/c1-3-10-15-11-9-14(16,4-2)12-7-5-6-8-13(12)15/h4,12-13,16H,2-3,5-11H2,1H3. The fourth-order valence-electron chi connectivity index (χ4n) is 3.62. The monoisotopic (exact) mass is 223 g/mol. The fourth-order valence-corrected chi connectivity index (χ4v) is 3.62. The van der Waals surface area contributed by atoms with Crippen LogP contribution in [0.3, 0.4) is 0 Å². The summed E-state index contributed by atoms with van der Waals surface area (Å²) in [7, 11) is 0. The van der Waals surface area contributed by atoms with Crippen molar-refractivity contribution in [2.45, 2.75) is 57.1 Å². The van der Waals surface area contributed by atoms with E-state index in [0.29, 0.717) is 12.0 Å². The van der Waals surface area contributed by atoms with Crippen LogP contribution in [0.15, 0.2) is 12.7 Å². The number of hydrogen-bond donors (Lipinski definition) is 1. The van der Waals surface area contributed by atoms with Gasteiger partial charge in [-0.05, 0) is 32.2 Å². The van der Waals surface area contributed by atoms with Gasteiger partial charge in [0.15, 0.2) is 0 Å². The van der Waals surface area contributed by atoms with Crippen molar-refractivity contribution in [1.29, 1.82) is 0 Å². The van der Waals surface area contributed by atoms with Crippen LogP contribution < -0.4 is 0 Å². The second-order valence-electron chi connectivity index (χ2n) is 5.44. The fraction of sp³-hybridized carbons (Fsp3) is 0.857. The predicted molar refractivity (Wildman–Crippen MR) is 67.4 cm³/mol. The number of piperidine rings is 1. The molecule has 1 heterocycles. The maximum atomic E-state index is 10.6. The van der Waals surface area contributed by atoms with E-state index in [0.717, 1.165) is 13.0 Å². The molecule has 0 spiro atoms. The highest BCUT2D eigenvalue weighted by molar-refractivity contribution is 5.08. The van der Waals surface area contributed by atoms with E-state index in [4.69, 9.17) is 0 Å². The third-order valence-electron chi connectivity index (χ3n) is 4.50. The summed E-state index contributed by atoms with van der Waals surface area (Å²) < 4.78 is 0. The molecule has 1 saturated heterocycles. The highest BCUT2D eigenvalue weighted by Gasteiger charge is 2.45. The Morgan fingerprint density at radius 1 is 1.44 bits per heavy atom. The van der Waals surface area contributed by atoms with E-state index in [2.05, 4.69) is 18.4 Å². The summed E-state index contributed by atoms with van der Waals surface area (Å²) in [6.07, 6.45) is 8.94. The summed E-state index contributed by atoms with van der Waals surface area (Å²) >= 11 is 0. The van der Waals surface area contributed by atoms with Crippen molar-refractivity contribution in [2.24, 2.45) is 5.92 Å². The van der Waals surface area contributed by atoms with Crippen LogP contribution in [0.5, 0.6) is 0 Å².